The Morgan fingerprint density at radius 3 is 2.33 bits per heavy atom. The summed E-state index contributed by atoms with van der Waals surface area (Å²) in [5, 5.41) is 0. The molecule has 0 aliphatic rings. The van der Waals surface area contributed by atoms with E-state index in [0.717, 1.165) is 12.8 Å². The molecule has 1 atom stereocenters. The molecule has 1 aromatic rings. The van der Waals surface area contributed by atoms with Gasteiger partial charge in [-0.1, -0.05) is 13.3 Å². The Labute approximate surface area is 109 Å². The summed E-state index contributed by atoms with van der Waals surface area (Å²) >= 11 is 0. The number of hydrogen-bond acceptors (Lipinski definition) is 3. The second-order valence-electron chi connectivity index (χ2n) is 4.22. The van der Waals surface area contributed by atoms with Crippen molar-refractivity contribution >= 4 is 10.0 Å². The van der Waals surface area contributed by atoms with Gasteiger partial charge in [0.15, 0.2) is 0 Å². The second kappa shape index (κ2) is 6.75. The Bertz CT molecular complexity index is 454. The van der Waals surface area contributed by atoms with Gasteiger partial charge in [-0.2, -0.15) is 0 Å². The van der Waals surface area contributed by atoms with Gasteiger partial charge in [-0.3, -0.25) is 0 Å². The summed E-state index contributed by atoms with van der Waals surface area (Å²) < 4.78 is 32.0. The van der Waals surface area contributed by atoms with Gasteiger partial charge < -0.3 is 4.74 Å². The van der Waals surface area contributed by atoms with Crippen molar-refractivity contribution in [2.75, 3.05) is 6.61 Å². The normalized spacial score (nSPS) is 13.3. The molecule has 0 aliphatic carbocycles. The van der Waals surface area contributed by atoms with Crippen LogP contribution in [-0.4, -0.2) is 21.1 Å². The molecule has 0 saturated carbocycles. The van der Waals surface area contributed by atoms with Gasteiger partial charge in [0, 0.05) is 6.04 Å². The Morgan fingerprint density at radius 1 is 1.22 bits per heavy atom. The second-order valence-corrected chi connectivity index (χ2v) is 5.93. The van der Waals surface area contributed by atoms with Gasteiger partial charge in [-0.05, 0) is 44.5 Å². The fourth-order valence-electron chi connectivity index (χ4n) is 1.71. The Kier molecular flexibility index (Phi) is 5.62. The van der Waals surface area contributed by atoms with Crippen LogP contribution in [0, 0.1) is 0 Å². The molecule has 4 nitrogen and oxygen atoms in total. The fourth-order valence-corrected chi connectivity index (χ4v) is 2.98. The third-order valence-electron chi connectivity index (χ3n) is 2.52. The standard InChI is InChI=1S/C13H21NO3S/c1-4-6-11(3)14-18(15,16)13-9-7-12(8-10-13)17-5-2/h7-11,14H,4-6H2,1-3H3/t11-/m0/s1. The van der Waals surface area contributed by atoms with Crippen molar-refractivity contribution in [1.82, 2.24) is 4.72 Å². The van der Waals surface area contributed by atoms with Crippen LogP contribution in [0.15, 0.2) is 29.2 Å². The van der Waals surface area contributed by atoms with E-state index in [0.29, 0.717) is 12.4 Å². The topological polar surface area (TPSA) is 55.4 Å². The molecule has 18 heavy (non-hydrogen) atoms. The zero-order valence-electron chi connectivity index (χ0n) is 11.1. The van der Waals surface area contributed by atoms with Gasteiger partial charge in [0.2, 0.25) is 10.0 Å². The lowest BCUT2D eigenvalue weighted by Crippen LogP contribution is -2.32. The highest BCUT2D eigenvalue weighted by molar-refractivity contribution is 7.89. The van der Waals surface area contributed by atoms with E-state index in [1.807, 2.05) is 20.8 Å². The first-order chi connectivity index (χ1) is 8.49. The zero-order valence-corrected chi connectivity index (χ0v) is 12.0. The van der Waals surface area contributed by atoms with Crippen LogP contribution in [0.3, 0.4) is 0 Å². The van der Waals surface area contributed by atoms with Crippen molar-refractivity contribution in [3.8, 4) is 5.75 Å². The Hall–Kier alpha value is -1.07. The maximum atomic E-state index is 12.0. The number of ether oxygens (including phenoxy) is 1. The lowest BCUT2D eigenvalue weighted by Gasteiger charge is -2.13. The molecule has 0 heterocycles. The summed E-state index contributed by atoms with van der Waals surface area (Å²) in [7, 11) is -3.42. The van der Waals surface area contributed by atoms with Crippen molar-refractivity contribution in [3.05, 3.63) is 24.3 Å². The molecule has 0 unspecified atom stereocenters. The molecule has 102 valence electrons. The van der Waals surface area contributed by atoms with E-state index in [1.165, 1.54) is 0 Å². The number of hydrogen-bond donors (Lipinski definition) is 1. The minimum Gasteiger partial charge on any atom is -0.494 e. The van der Waals surface area contributed by atoms with Crippen molar-refractivity contribution in [1.29, 1.82) is 0 Å². The molecule has 0 radical (unpaired) electrons. The molecule has 0 saturated heterocycles. The van der Waals surface area contributed by atoms with Crippen LogP contribution in [0.5, 0.6) is 5.75 Å². The molecule has 0 aromatic heterocycles. The van der Waals surface area contributed by atoms with Crippen molar-refractivity contribution in [3.63, 3.8) is 0 Å². The highest BCUT2D eigenvalue weighted by Gasteiger charge is 2.16. The van der Waals surface area contributed by atoms with Gasteiger partial charge >= 0.3 is 0 Å². The van der Waals surface area contributed by atoms with E-state index in [4.69, 9.17) is 4.74 Å². The third-order valence-corrected chi connectivity index (χ3v) is 4.13. The molecule has 0 spiro atoms. The van der Waals surface area contributed by atoms with E-state index in [2.05, 4.69) is 4.72 Å². The quantitative estimate of drug-likeness (QED) is 0.829. The third kappa shape index (κ3) is 4.31. The predicted octanol–water partition coefficient (Wildman–Crippen LogP) is 2.55. The molecule has 0 fully saturated rings. The average molecular weight is 271 g/mol. The molecule has 1 aromatic carbocycles. The molecule has 0 bridgehead atoms. The summed E-state index contributed by atoms with van der Waals surface area (Å²) in [4.78, 5) is 0.272. The fraction of sp³-hybridized carbons (Fsp3) is 0.538. The van der Waals surface area contributed by atoms with E-state index in [1.54, 1.807) is 24.3 Å². The Morgan fingerprint density at radius 2 is 1.83 bits per heavy atom. The van der Waals surface area contributed by atoms with Crippen LogP contribution in [0.25, 0.3) is 0 Å². The van der Waals surface area contributed by atoms with Gasteiger partial charge in [-0.15, -0.1) is 0 Å². The van der Waals surface area contributed by atoms with Gasteiger partial charge in [-0.25, -0.2) is 13.1 Å². The number of rotatable bonds is 7. The first kappa shape index (κ1) is 15.0. The highest BCUT2D eigenvalue weighted by Crippen LogP contribution is 2.16. The van der Waals surface area contributed by atoms with E-state index in [-0.39, 0.29) is 10.9 Å². The molecular weight excluding hydrogens is 250 g/mol. The first-order valence-electron chi connectivity index (χ1n) is 6.24. The van der Waals surface area contributed by atoms with E-state index in [9.17, 15) is 8.42 Å². The zero-order chi connectivity index (χ0) is 13.6. The van der Waals surface area contributed by atoms with Crippen LogP contribution in [-0.2, 0) is 10.0 Å². The molecule has 1 N–H and O–H groups in total. The number of benzene rings is 1. The summed E-state index contributed by atoms with van der Waals surface area (Å²) in [6.07, 6.45) is 1.78. The van der Waals surface area contributed by atoms with Gasteiger partial charge in [0.05, 0.1) is 11.5 Å². The summed E-state index contributed by atoms with van der Waals surface area (Å²) in [5.74, 6) is 0.679. The molecule has 5 heteroatoms. The number of sulfonamides is 1. The molecular formula is C13H21NO3S. The van der Waals surface area contributed by atoms with Crippen molar-refractivity contribution in [2.24, 2.45) is 0 Å². The largest absolute Gasteiger partial charge is 0.494 e. The Balaban J connectivity index is 2.78. The number of nitrogens with one attached hydrogen (secondary N) is 1. The lowest BCUT2D eigenvalue weighted by atomic mass is 10.2. The summed E-state index contributed by atoms with van der Waals surface area (Å²) in [5.41, 5.74) is 0. The molecule has 1 rings (SSSR count). The lowest BCUT2D eigenvalue weighted by molar-refractivity contribution is 0.340. The highest BCUT2D eigenvalue weighted by atomic mass is 32.2. The maximum Gasteiger partial charge on any atom is 0.240 e. The van der Waals surface area contributed by atoms with E-state index < -0.39 is 10.0 Å². The van der Waals surface area contributed by atoms with Crippen molar-refractivity contribution in [2.45, 2.75) is 44.6 Å². The minimum atomic E-state index is -3.42. The smallest absolute Gasteiger partial charge is 0.240 e. The molecule has 0 aliphatic heterocycles. The van der Waals surface area contributed by atoms with Crippen molar-refractivity contribution < 1.29 is 13.2 Å². The summed E-state index contributed by atoms with van der Waals surface area (Å²) in [6.45, 7) is 6.35. The van der Waals surface area contributed by atoms with E-state index >= 15 is 0 Å². The van der Waals surface area contributed by atoms with Gasteiger partial charge in [0.25, 0.3) is 0 Å². The first-order valence-corrected chi connectivity index (χ1v) is 7.73. The SMILES string of the molecule is CCC[C@H](C)NS(=O)(=O)c1ccc(OCC)cc1. The summed E-state index contributed by atoms with van der Waals surface area (Å²) in [6, 6.07) is 6.41. The van der Waals surface area contributed by atoms with Gasteiger partial charge in [0.1, 0.15) is 5.75 Å². The monoisotopic (exact) mass is 271 g/mol. The molecule has 0 amide bonds. The van der Waals surface area contributed by atoms with Crippen LogP contribution in [0.1, 0.15) is 33.6 Å². The van der Waals surface area contributed by atoms with Crippen LogP contribution >= 0.6 is 0 Å². The average Bonchev–Trinajstić information content (AvgIpc) is 2.29. The minimum absolute atomic E-state index is 0.0495. The predicted molar refractivity (Wildman–Crippen MR) is 72.3 cm³/mol. The van der Waals surface area contributed by atoms with Crippen LogP contribution in [0.2, 0.25) is 0 Å². The van der Waals surface area contributed by atoms with Crippen LogP contribution < -0.4 is 9.46 Å². The van der Waals surface area contributed by atoms with Crippen LogP contribution in [0.4, 0.5) is 0 Å². The maximum absolute atomic E-state index is 12.0.